The van der Waals surface area contributed by atoms with E-state index in [4.69, 9.17) is 16.6 Å². The number of nitrogens with one attached hydrogen (secondary N) is 2. The van der Waals surface area contributed by atoms with Crippen molar-refractivity contribution >= 4 is 23.7 Å². The second-order valence-electron chi connectivity index (χ2n) is 4.60. The third-order valence-electron chi connectivity index (χ3n) is 2.50. The lowest BCUT2D eigenvalue weighted by atomic mass is 10.0. The van der Waals surface area contributed by atoms with Crippen molar-refractivity contribution in [2.75, 3.05) is 6.54 Å². The number of amides is 3. The summed E-state index contributed by atoms with van der Waals surface area (Å²) in [5.41, 5.74) is 10.2. The fourth-order valence-corrected chi connectivity index (χ4v) is 1.38. The molecule has 21 heavy (non-hydrogen) atoms. The van der Waals surface area contributed by atoms with Gasteiger partial charge in [-0.15, -0.1) is 0 Å². The van der Waals surface area contributed by atoms with Gasteiger partial charge in [0.15, 0.2) is 0 Å². The first-order valence-corrected chi connectivity index (χ1v) is 6.20. The molecule has 0 radical (unpaired) electrons. The Kier molecular flexibility index (Phi) is 7.69. The molecule has 0 aromatic rings. The zero-order valence-electron chi connectivity index (χ0n) is 11.8. The summed E-state index contributed by atoms with van der Waals surface area (Å²) in [6.45, 7) is 3.03. The smallest absolute Gasteiger partial charge is 0.326 e. The van der Waals surface area contributed by atoms with Crippen LogP contribution in [0.4, 0.5) is 0 Å². The monoisotopic (exact) mass is 300 g/mol. The zero-order chi connectivity index (χ0) is 16.6. The molecule has 0 saturated carbocycles. The Morgan fingerprint density at radius 1 is 1.14 bits per heavy atom. The number of carboxylic acids is 1. The number of carbonyl (C=O) groups is 4. The second kappa shape index (κ2) is 8.69. The minimum Gasteiger partial charge on any atom is -0.480 e. The van der Waals surface area contributed by atoms with Gasteiger partial charge in [-0.2, -0.15) is 0 Å². The minimum atomic E-state index is -1.19. The zero-order valence-corrected chi connectivity index (χ0v) is 11.8. The Hall–Kier alpha value is -2.42. The van der Waals surface area contributed by atoms with E-state index in [0.717, 1.165) is 12.2 Å². The molecule has 9 nitrogen and oxygen atoms in total. The molecule has 0 aromatic heterocycles. The molecule has 0 aliphatic rings. The highest BCUT2D eigenvalue weighted by Gasteiger charge is 2.27. The van der Waals surface area contributed by atoms with E-state index in [0.29, 0.717) is 0 Å². The molecule has 0 aromatic carbocycles. The summed E-state index contributed by atoms with van der Waals surface area (Å²) in [6.07, 6.45) is 1.68. The minimum absolute atomic E-state index is 0.230. The molecule has 0 bridgehead atoms. The molecule has 0 fully saturated rings. The van der Waals surface area contributed by atoms with E-state index < -0.39 is 35.8 Å². The van der Waals surface area contributed by atoms with Gasteiger partial charge < -0.3 is 27.2 Å². The Bertz CT molecular complexity index is 447. The molecule has 118 valence electrons. The van der Waals surface area contributed by atoms with E-state index in [2.05, 4.69) is 10.6 Å². The van der Waals surface area contributed by atoms with Crippen molar-refractivity contribution in [2.24, 2.45) is 17.4 Å². The van der Waals surface area contributed by atoms with E-state index in [-0.39, 0.29) is 12.5 Å². The number of carboxylic acid groups (broad SMARTS) is 1. The van der Waals surface area contributed by atoms with Crippen LogP contribution < -0.4 is 22.1 Å². The van der Waals surface area contributed by atoms with Crippen molar-refractivity contribution in [1.29, 1.82) is 0 Å². The molecule has 0 saturated heterocycles. The maximum atomic E-state index is 11.9. The molecule has 0 heterocycles. The van der Waals surface area contributed by atoms with Gasteiger partial charge in [-0.05, 0) is 5.92 Å². The lowest BCUT2D eigenvalue weighted by molar-refractivity contribution is -0.143. The van der Waals surface area contributed by atoms with Crippen LogP contribution in [0.5, 0.6) is 0 Å². The Labute approximate surface area is 121 Å². The first kappa shape index (κ1) is 18.6. The average Bonchev–Trinajstić information content (AvgIpc) is 2.38. The molecular formula is C12H20N4O5. The topological polar surface area (TPSA) is 165 Å². The van der Waals surface area contributed by atoms with E-state index in [1.165, 1.54) is 0 Å². The molecule has 3 amide bonds. The molecule has 0 spiro atoms. The summed E-state index contributed by atoms with van der Waals surface area (Å²) in [5, 5.41) is 13.5. The van der Waals surface area contributed by atoms with Crippen molar-refractivity contribution in [3.8, 4) is 0 Å². The quantitative estimate of drug-likeness (QED) is 0.316. The van der Waals surface area contributed by atoms with Crippen LogP contribution >= 0.6 is 0 Å². The van der Waals surface area contributed by atoms with Crippen molar-refractivity contribution in [2.45, 2.75) is 25.9 Å². The number of hydrogen-bond donors (Lipinski definition) is 5. The van der Waals surface area contributed by atoms with Gasteiger partial charge >= 0.3 is 5.97 Å². The summed E-state index contributed by atoms with van der Waals surface area (Å²) in [5.74, 6) is -3.80. The van der Waals surface area contributed by atoms with E-state index in [1.54, 1.807) is 13.8 Å². The highest BCUT2D eigenvalue weighted by molar-refractivity contribution is 5.98. The lowest BCUT2D eigenvalue weighted by Crippen LogP contribution is -2.55. The largest absolute Gasteiger partial charge is 0.480 e. The predicted octanol–water partition coefficient (Wildman–Crippen LogP) is -2.30. The van der Waals surface area contributed by atoms with Crippen LogP contribution in [0.3, 0.4) is 0 Å². The van der Waals surface area contributed by atoms with Gasteiger partial charge in [-0.1, -0.05) is 13.8 Å². The lowest BCUT2D eigenvalue weighted by Gasteiger charge is -2.22. The van der Waals surface area contributed by atoms with Gasteiger partial charge in [0.25, 0.3) is 0 Å². The highest BCUT2D eigenvalue weighted by Crippen LogP contribution is 2.02. The normalized spacial score (nSPS) is 13.7. The van der Waals surface area contributed by atoms with Gasteiger partial charge in [0.05, 0.1) is 0 Å². The first-order valence-electron chi connectivity index (χ1n) is 6.20. The standard InChI is InChI=1S/C12H20N4O5/c1-6(2)10(12(20)21)16-11(19)7(5-13)15-9(18)4-3-8(14)17/h3-4,6-7,10H,5,13H2,1-2H3,(H2,14,17)(H,15,18)(H,16,19)(H,20,21). The third kappa shape index (κ3) is 7.06. The Balaban J connectivity index is 4.72. The maximum absolute atomic E-state index is 11.9. The second-order valence-corrected chi connectivity index (χ2v) is 4.60. The fourth-order valence-electron chi connectivity index (χ4n) is 1.38. The Morgan fingerprint density at radius 2 is 1.71 bits per heavy atom. The molecule has 0 aliphatic heterocycles. The van der Waals surface area contributed by atoms with Gasteiger partial charge in [0, 0.05) is 18.7 Å². The molecule has 2 atom stereocenters. The average molecular weight is 300 g/mol. The van der Waals surface area contributed by atoms with Crippen LogP contribution in [0.2, 0.25) is 0 Å². The van der Waals surface area contributed by atoms with Crippen molar-refractivity contribution in [1.82, 2.24) is 10.6 Å². The maximum Gasteiger partial charge on any atom is 0.326 e. The molecule has 7 N–H and O–H groups in total. The van der Waals surface area contributed by atoms with E-state index in [9.17, 15) is 19.2 Å². The van der Waals surface area contributed by atoms with Crippen molar-refractivity contribution < 1.29 is 24.3 Å². The predicted molar refractivity (Wildman–Crippen MR) is 73.7 cm³/mol. The third-order valence-corrected chi connectivity index (χ3v) is 2.50. The number of primary amides is 1. The number of carbonyl (C=O) groups excluding carboxylic acids is 3. The van der Waals surface area contributed by atoms with Crippen LogP contribution in [-0.2, 0) is 19.2 Å². The van der Waals surface area contributed by atoms with Crippen LogP contribution in [-0.4, -0.2) is 47.4 Å². The van der Waals surface area contributed by atoms with E-state index >= 15 is 0 Å². The summed E-state index contributed by atoms with van der Waals surface area (Å²) >= 11 is 0. The SMILES string of the molecule is CC(C)C(NC(=O)C(CN)NC(=O)C=CC(N)=O)C(=O)O. The summed E-state index contributed by atoms with van der Waals surface area (Å²) < 4.78 is 0. The van der Waals surface area contributed by atoms with Crippen molar-refractivity contribution in [3.05, 3.63) is 12.2 Å². The molecule has 0 rings (SSSR count). The van der Waals surface area contributed by atoms with Gasteiger partial charge in [0.2, 0.25) is 17.7 Å². The summed E-state index contributed by atoms with van der Waals surface area (Å²) in [6, 6.07) is -2.21. The Morgan fingerprint density at radius 3 is 2.10 bits per heavy atom. The van der Waals surface area contributed by atoms with Crippen LogP contribution in [0, 0.1) is 5.92 Å². The number of rotatable bonds is 8. The van der Waals surface area contributed by atoms with Crippen LogP contribution in [0.25, 0.3) is 0 Å². The molecule has 2 unspecified atom stereocenters. The first-order chi connectivity index (χ1) is 9.68. The summed E-state index contributed by atoms with van der Waals surface area (Å²) in [7, 11) is 0. The number of hydrogen-bond acceptors (Lipinski definition) is 5. The van der Waals surface area contributed by atoms with Gasteiger partial charge in [-0.25, -0.2) is 4.79 Å². The van der Waals surface area contributed by atoms with Crippen LogP contribution in [0.15, 0.2) is 12.2 Å². The number of aliphatic carboxylic acids is 1. The van der Waals surface area contributed by atoms with Gasteiger partial charge in [0.1, 0.15) is 12.1 Å². The highest BCUT2D eigenvalue weighted by atomic mass is 16.4. The molecule has 9 heteroatoms. The molecular weight excluding hydrogens is 280 g/mol. The van der Waals surface area contributed by atoms with Gasteiger partial charge in [-0.3, -0.25) is 14.4 Å². The number of nitrogens with two attached hydrogens (primary N) is 2. The molecule has 0 aliphatic carbocycles. The van der Waals surface area contributed by atoms with Crippen molar-refractivity contribution in [3.63, 3.8) is 0 Å². The van der Waals surface area contributed by atoms with E-state index in [1.807, 2.05) is 0 Å². The van der Waals surface area contributed by atoms with Crippen LogP contribution in [0.1, 0.15) is 13.8 Å². The summed E-state index contributed by atoms with van der Waals surface area (Å²) in [4.78, 5) is 44.8. The fraction of sp³-hybridized carbons (Fsp3) is 0.500.